The number of esters is 1. The zero-order valence-electron chi connectivity index (χ0n) is 16.4. The van der Waals surface area contributed by atoms with Crippen LogP contribution in [0.2, 0.25) is 0 Å². The highest BCUT2D eigenvalue weighted by atomic mass is 31.2. The van der Waals surface area contributed by atoms with Crippen LogP contribution in [0.3, 0.4) is 0 Å². The van der Waals surface area contributed by atoms with Crippen LogP contribution in [0.4, 0.5) is 5.82 Å². The molecule has 0 fully saturated rings. The summed E-state index contributed by atoms with van der Waals surface area (Å²) in [6.07, 6.45) is 2.02. The summed E-state index contributed by atoms with van der Waals surface area (Å²) in [5, 5.41) is 2.39. The van der Waals surface area contributed by atoms with E-state index in [1.54, 1.807) is 17.8 Å². The Hall–Kier alpha value is -2.07. The van der Waals surface area contributed by atoms with Gasteiger partial charge in [-0.25, -0.2) is 20.0 Å². The van der Waals surface area contributed by atoms with Crippen LogP contribution in [0, 0.1) is 5.92 Å². The first kappa shape index (κ1) is 22.2. The third-order valence-corrected chi connectivity index (χ3v) is 5.02. The van der Waals surface area contributed by atoms with Gasteiger partial charge in [-0.05, 0) is 19.8 Å². The average Bonchev–Trinajstić information content (AvgIpc) is 3.02. The van der Waals surface area contributed by atoms with Crippen LogP contribution < -0.4 is 10.8 Å². The molecule has 12 heteroatoms. The van der Waals surface area contributed by atoms with Gasteiger partial charge in [0.25, 0.3) is 7.52 Å². The molecule has 2 aromatic rings. The number of nitrogens with zero attached hydrogens (tertiary/aromatic N) is 4. The summed E-state index contributed by atoms with van der Waals surface area (Å²) < 4.78 is 24.5. The number of imidazole rings is 1. The van der Waals surface area contributed by atoms with Gasteiger partial charge in [-0.3, -0.25) is 9.36 Å². The second kappa shape index (κ2) is 9.42. The summed E-state index contributed by atoms with van der Waals surface area (Å²) in [5.74, 6) is -0.126. The molecule has 156 valence electrons. The van der Waals surface area contributed by atoms with Crippen LogP contribution in [-0.2, 0) is 25.4 Å². The minimum Gasteiger partial charge on any atom is -0.464 e. The number of hydrogen-bond donors (Lipinski definition) is 3. The third-order valence-electron chi connectivity index (χ3n) is 3.73. The number of ether oxygens (including phenoxy) is 2. The maximum atomic E-state index is 12.3. The van der Waals surface area contributed by atoms with Gasteiger partial charge in [0, 0.05) is 0 Å². The Balaban J connectivity index is 1.86. The van der Waals surface area contributed by atoms with Gasteiger partial charge in [0.15, 0.2) is 11.5 Å². The summed E-state index contributed by atoms with van der Waals surface area (Å²) >= 11 is 0. The summed E-state index contributed by atoms with van der Waals surface area (Å²) in [6, 6.07) is -0.925. The number of anilines is 1. The number of hydrogen-bond acceptors (Lipinski definition) is 8. The van der Waals surface area contributed by atoms with Crippen molar-refractivity contribution in [3.05, 3.63) is 12.7 Å². The predicted molar refractivity (Wildman–Crippen MR) is 103 cm³/mol. The van der Waals surface area contributed by atoms with E-state index in [0.717, 1.165) is 0 Å². The zero-order chi connectivity index (χ0) is 20.9. The number of carbonyl (C=O) groups is 1. The van der Waals surface area contributed by atoms with Crippen molar-refractivity contribution in [2.75, 3.05) is 18.7 Å². The quantitative estimate of drug-likeness (QED) is 0.381. The Labute approximate surface area is 163 Å². The van der Waals surface area contributed by atoms with Crippen LogP contribution in [0.1, 0.15) is 27.7 Å². The molecule has 0 aliphatic heterocycles. The van der Waals surface area contributed by atoms with Crippen molar-refractivity contribution in [3.8, 4) is 0 Å². The molecule has 0 radical (unpaired) electrons. The number of fused-ring (bicyclic) bond motifs is 1. The zero-order valence-corrected chi connectivity index (χ0v) is 17.3. The molecule has 0 bridgehead atoms. The summed E-state index contributed by atoms with van der Waals surface area (Å²) in [6.45, 7) is 7.62. The molecule has 2 aromatic heterocycles. The second-order valence-corrected chi connectivity index (χ2v) is 8.93. The number of aromatic nitrogens is 4. The molecule has 0 saturated heterocycles. The average molecular weight is 414 g/mol. The van der Waals surface area contributed by atoms with Crippen molar-refractivity contribution in [2.45, 2.75) is 46.4 Å². The van der Waals surface area contributed by atoms with E-state index in [1.807, 2.05) is 13.8 Å². The highest BCUT2D eigenvalue weighted by molar-refractivity contribution is 7.55. The van der Waals surface area contributed by atoms with Crippen LogP contribution in [0.5, 0.6) is 0 Å². The van der Waals surface area contributed by atoms with E-state index >= 15 is 0 Å². The monoisotopic (exact) mass is 414 g/mol. The molecule has 0 aliphatic rings. The first-order valence-electron chi connectivity index (χ1n) is 8.88. The van der Waals surface area contributed by atoms with E-state index in [0.29, 0.717) is 17.7 Å². The van der Waals surface area contributed by atoms with Crippen LogP contribution in [0.25, 0.3) is 11.2 Å². The lowest BCUT2D eigenvalue weighted by Gasteiger charge is -2.21. The normalized spacial score (nSPS) is 16.1. The van der Waals surface area contributed by atoms with Crippen molar-refractivity contribution in [2.24, 2.45) is 5.92 Å². The first-order chi connectivity index (χ1) is 13.1. The van der Waals surface area contributed by atoms with Crippen molar-refractivity contribution >= 4 is 30.5 Å². The maximum Gasteiger partial charge on any atom is 0.323 e. The van der Waals surface area contributed by atoms with E-state index in [9.17, 15) is 14.3 Å². The van der Waals surface area contributed by atoms with Crippen molar-refractivity contribution in [1.29, 1.82) is 0 Å². The summed E-state index contributed by atoms with van der Waals surface area (Å²) in [4.78, 5) is 34.1. The maximum absolute atomic E-state index is 12.3. The standard InChI is InChI=1S/C16H27N6O5P/c1-10(2)6-26-16(23)12(4)21-28(24,25)9-27-11(3)5-22-8-20-13-14(17)18-7-19-15(13)22/h7-8,10-12H,5-6,9H2,1-4H3,(H2,17,18,19)(H2,21,24,25). The molecule has 2 heterocycles. The highest BCUT2D eigenvalue weighted by Gasteiger charge is 2.27. The van der Waals surface area contributed by atoms with Crippen molar-refractivity contribution < 1.29 is 23.7 Å². The Morgan fingerprint density at radius 2 is 2.04 bits per heavy atom. The Bertz CT molecular complexity index is 857. The largest absolute Gasteiger partial charge is 0.464 e. The fourth-order valence-corrected chi connectivity index (χ4v) is 3.60. The molecule has 0 spiro atoms. The minimum atomic E-state index is -3.89. The Kier molecular flexibility index (Phi) is 7.48. The molecular weight excluding hydrogens is 387 g/mol. The molecule has 11 nitrogen and oxygen atoms in total. The SMILES string of the molecule is CC(C)COC(=O)C(C)NP(=O)(O)COC(C)Cn1cnc2c(N)ncnc21. The van der Waals surface area contributed by atoms with Gasteiger partial charge in [0.1, 0.15) is 24.2 Å². The molecule has 3 unspecified atom stereocenters. The van der Waals surface area contributed by atoms with Gasteiger partial charge in [-0.15, -0.1) is 0 Å². The molecule has 3 atom stereocenters. The van der Waals surface area contributed by atoms with Crippen molar-refractivity contribution in [1.82, 2.24) is 24.6 Å². The van der Waals surface area contributed by atoms with Gasteiger partial charge in [-0.2, -0.15) is 0 Å². The van der Waals surface area contributed by atoms with E-state index in [-0.39, 0.29) is 18.3 Å². The van der Waals surface area contributed by atoms with E-state index in [4.69, 9.17) is 15.2 Å². The van der Waals surface area contributed by atoms with Crippen molar-refractivity contribution in [3.63, 3.8) is 0 Å². The van der Waals surface area contributed by atoms with Crippen LogP contribution in [-0.4, -0.2) is 55.5 Å². The van der Waals surface area contributed by atoms with Crippen LogP contribution >= 0.6 is 7.52 Å². The first-order valence-corrected chi connectivity index (χ1v) is 10.7. The molecule has 0 saturated carbocycles. The third kappa shape index (κ3) is 6.23. The summed E-state index contributed by atoms with van der Waals surface area (Å²) in [7, 11) is -3.89. The predicted octanol–water partition coefficient (Wildman–Crippen LogP) is 1.13. The molecule has 0 aromatic carbocycles. The number of nitrogen functional groups attached to an aromatic ring is 1. The smallest absolute Gasteiger partial charge is 0.323 e. The fraction of sp³-hybridized carbons (Fsp3) is 0.625. The number of rotatable bonds is 10. The van der Waals surface area contributed by atoms with Gasteiger partial charge in [0.05, 0.1) is 25.6 Å². The second-order valence-electron chi connectivity index (χ2n) is 7.01. The van der Waals surface area contributed by atoms with Gasteiger partial charge in [-0.1, -0.05) is 13.8 Å². The van der Waals surface area contributed by atoms with E-state index in [1.165, 1.54) is 13.3 Å². The van der Waals surface area contributed by atoms with Crippen LogP contribution in [0.15, 0.2) is 12.7 Å². The summed E-state index contributed by atoms with van der Waals surface area (Å²) in [5.41, 5.74) is 6.79. The highest BCUT2D eigenvalue weighted by Crippen LogP contribution is 2.36. The molecule has 0 amide bonds. The molecule has 28 heavy (non-hydrogen) atoms. The van der Waals surface area contributed by atoms with Gasteiger partial charge >= 0.3 is 5.97 Å². The van der Waals surface area contributed by atoms with E-state index < -0.39 is 32.0 Å². The van der Waals surface area contributed by atoms with E-state index in [2.05, 4.69) is 20.0 Å². The lowest BCUT2D eigenvalue weighted by molar-refractivity contribution is -0.146. The molecular formula is C16H27N6O5P. The minimum absolute atomic E-state index is 0.182. The Morgan fingerprint density at radius 3 is 2.71 bits per heavy atom. The topological polar surface area (TPSA) is 154 Å². The number of carbonyl (C=O) groups excluding carboxylic acids is 1. The molecule has 2 rings (SSSR count). The molecule has 0 aliphatic carbocycles. The van der Waals surface area contributed by atoms with Gasteiger partial charge in [0.2, 0.25) is 0 Å². The number of nitrogens with two attached hydrogens (primary N) is 1. The number of nitrogens with one attached hydrogen (secondary N) is 1. The lowest BCUT2D eigenvalue weighted by Crippen LogP contribution is -2.35. The fourth-order valence-electron chi connectivity index (χ4n) is 2.36. The Morgan fingerprint density at radius 1 is 1.32 bits per heavy atom. The van der Waals surface area contributed by atoms with Gasteiger partial charge < -0.3 is 24.7 Å². The molecule has 4 N–H and O–H groups in total. The lowest BCUT2D eigenvalue weighted by atomic mass is 10.2.